The Kier molecular flexibility index (Phi) is 3.83. The van der Waals surface area contributed by atoms with E-state index in [1.54, 1.807) is 18.2 Å². The van der Waals surface area contributed by atoms with Crippen molar-refractivity contribution in [2.75, 3.05) is 0 Å². The number of hydrogen-bond donors (Lipinski definition) is 0. The minimum Gasteiger partial charge on any atom is -0.464 e. The second-order valence-corrected chi connectivity index (χ2v) is 6.84. The lowest BCUT2D eigenvalue weighted by atomic mass is 9.96. The molecule has 0 unspecified atom stereocenters. The lowest BCUT2D eigenvalue weighted by Gasteiger charge is -2.37. The van der Waals surface area contributed by atoms with Gasteiger partial charge in [0.25, 0.3) is 5.69 Å². The first-order valence-electron chi connectivity index (χ1n) is 9.12. The topological polar surface area (TPSA) is 68.0 Å². The first kappa shape index (κ1) is 16.5. The van der Waals surface area contributed by atoms with Gasteiger partial charge in [-0.05, 0) is 17.7 Å². The summed E-state index contributed by atoms with van der Waals surface area (Å²) >= 11 is 0. The summed E-state index contributed by atoms with van der Waals surface area (Å²) in [5.74, 6) is 0.747. The highest BCUT2D eigenvalue weighted by molar-refractivity contribution is 6.01. The molecule has 0 aromatic heterocycles. The van der Waals surface area contributed by atoms with Crippen LogP contribution in [0.25, 0.3) is 0 Å². The molecule has 0 fully saturated rings. The lowest BCUT2D eigenvalue weighted by molar-refractivity contribution is -0.386. The standard InChI is InChI=1S/C22H17N3O3/c26-25(27)19-12-6-4-11-17(19)22-24-20(16-10-5-7-13-21(16)28-22)14-18(23-24)15-8-2-1-3-9-15/h1-13,20,22H,14H2/t20-,22+/m1/s1. The molecule has 0 amide bonds. The molecule has 6 nitrogen and oxygen atoms in total. The van der Waals surface area contributed by atoms with Gasteiger partial charge in [-0.3, -0.25) is 10.1 Å². The van der Waals surface area contributed by atoms with Gasteiger partial charge >= 0.3 is 0 Å². The number of rotatable bonds is 3. The highest BCUT2D eigenvalue weighted by atomic mass is 16.6. The van der Waals surface area contributed by atoms with Crippen molar-refractivity contribution in [3.63, 3.8) is 0 Å². The Morgan fingerprint density at radius 1 is 0.929 bits per heavy atom. The molecule has 2 heterocycles. The molecule has 0 spiro atoms. The molecule has 0 saturated heterocycles. The third-order valence-corrected chi connectivity index (χ3v) is 5.21. The lowest BCUT2D eigenvalue weighted by Crippen LogP contribution is -2.34. The molecule has 0 saturated carbocycles. The molecule has 138 valence electrons. The number of nitro groups is 1. The predicted octanol–water partition coefficient (Wildman–Crippen LogP) is 4.84. The van der Waals surface area contributed by atoms with Crippen molar-refractivity contribution in [3.8, 4) is 5.75 Å². The van der Waals surface area contributed by atoms with E-state index >= 15 is 0 Å². The minimum absolute atomic E-state index is 0.0232. The number of nitro benzene ring substituents is 1. The summed E-state index contributed by atoms with van der Waals surface area (Å²) in [7, 11) is 0. The molecule has 0 aliphatic carbocycles. The van der Waals surface area contributed by atoms with Gasteiger partial charge in [0.15, 0.2) is 0 Å². The fourth-order valence-corrected chi connectivity index (χ4v) is 3.91. The normalized spacial score (nSPS) is 20.0. The van der Waals surface area contributed by atoms with E-state index in [9.17, 15) is 10.1 Å². The van der Waals surface area contributed by atoms with Crippen LogP contribution in [0.1, 0.15) is 35.4 Å². The van der Waals surface area contributed by atoms with Crippen LogP contribution in [0.4, 0.5) is 5.69 Å². The summed E-state index contributed by atoms with van der Waals surface area (Å²) in [5, 5.41) is 18.3. The molecule has 2 aliphatic rings. The number of ether oxygens (including phenoxy) is 1. The van der Waals surface area contributed by atoms with Crippen LogP contribution in [0.5, 0.6) is 5.75 Å². The second kappa shape index (κ2) is 6.49. The zero-order valence-electron chi connectivity index (χ0n) is 14.9. The Labute approximate surface area is 161 Å². The predicted molar refractivity (Wildman–Crippen MR) is 105 cm³/mol. The van der Waals surface area contributed by atoms with Crippen LogP contribution in [0.3, 0.4) is 0 Å². The average Bonchev–Trinajstić information content (AvgIpc) is 3.19. The number of nitrogens with zero attached hydrogens (tertiary/aromatic N) is 3. The van der Waals surface area contributed by atoms with Crippen LogP contribution in [-0.2, 0) is 0 Å². The highest BCUT2D eigenvalue weighted by Crippen LogP contribution is 2.48. The SMILES string of the molecule is O=[N+]([O-])c1ccccc1[C@@H]1Oc2ccccc2[C@H]2CC(c3ccccc3)=NN21. The van der Waals surface area contributed by atoms with Crippen LogP contribution in [0.2, 0.25) is 0 Å². The first-order chi connectivity index (χ1) is 13.7. The van der Waals surface area contributed by atoms with E-state index in [2.05, 4.69) is 0 Å². The van der Waals surface area contributed by atoms with Gasteiger partial charge in [-0.2, -0.15) is 5.10 Å². The molecular weight excluding hydrogens is 354 g/mol. The van der Waals surface area contributed by atoms with Crippen LogP contribution in [-0.4, -0.2) is 15.6 Å². The molecule has 3 aromatic rings. The average molecular weight is 371 g/mol. The fourth-order valence-electron chi connectivity index (χ4n) is 3.91. The Morgan fingerprint density at radius 2 is 1.61 bits per heavy atom. The summed E-state index contributed by atoms with van der Waals surface area (Å²) < 4.78 is 6.22. The highest BCUT2D eigenvalue weighted by Gasteiger charge is 2.42. The summed E-state index contributed by atoms with van der Waals surface area (Å²) in [6, 6.07) is 24.5. The summed E-state index contributed by atoms with van der Waals surface area (Å²) in [6.45, 7) is 0. The van der Waals surface area contributed by atoms with Crippen LogP contribution >= 0.6 is 0 Å². The Hall–Kier alpha value is -3.67. The maximum atomic E-state index is 11.6. The number of hydrazone groups is 1. The van der Waals surface area contributed by atoms with Crippen molar-refractivity contribution >= 4 is 11.4 Å². The van der Waals surface area contributed by atoms with Gasteiger partial charge in [0.2, 0.25) is 6.23 Å². The van der Waals surface area contributed by atoms with Gasteiger partial charge < -0.3 is 4.74 Å². The van der Waals surface area contributed by atoms with Crippen molar-refractivity contribution in [2.24, 2.45) is 5.10 Å². The third kappa shape index (κ3) is 2.62. The van der Waals surface area contributed by atoms with Crippen molar-refractivity contribution < 1.29 is 9.66 Å². The molecule has 28 heavy (non-hydrogen) atoms. The molecule has 2 atom stereocenters. The number of para-hydroxylation sites is 2. The summed E-state index contributed by atoms with van der Waals surface area (Å²) in [4.78, 5) is 11.2. The fraction of sp³-hybridized carbons (Fsp3) is 0.136. The molecule has 2 aliphatic heterocycles. The van der Waals surface area contributed by atoms with E-state index in [1.807, 2.05) is 59.6 Å². The monoisotopic (exact) mass is 371 g/mol. The van der Waals surface area contributed by atoms with E-state index in [4.69, 9.17) is 9.84 Å². The Balaban J connectivity index is 1.64. The third-order valence-electron chi connectivity index (χ3n) is 5.21. The van der Waals surface area contributed by atoms with Crippen LogP contribution < -0.4 is 4.74 Å². The number of benzene rings is 3. The van der Waals surface area contributed by atoms with E-state index < -0.39 is 6.23 Å². The van der Waals surface area contributed by atoms with E-state index in [1.165, 1.54) is 6.07 Å². The summed E-state index contributed by atoms with van der Waals surface area (Å²) in [6.07, 6.45) is 0.0735. The zero-order valence-corrected chi connectivity index (χ0v) is 14.9. The molecular formula is C22H17N3O3. The molecule has 0 bridgehead atoms. The van der Waals surface area contributed by atoms with Crippen molar-refractivity contribution in [2.45, 2.75) is 18.7 Å². The van der Waals surface area contributed by atoms with Crippen molar-refractivity contribution in [1.82, 2.24) is 5.01 Å². The van der Waals surface area contributed by atoms with E-state index in [0.717, 1.165) is 29.0 Å². The summed E-state index contributed by atoms with van der Waals surface area (Å²) in [5.41, 5.74) is 3.59. The van der Waals surface area contributed by atoms with Gasteiger partial charge in [0, 0.05) is 18.1 Å². The van der Waals surface area contributed by atoms with Gasteiger partial charge in [-0.1, -0.05) is 60.7 Å². The first-order valence-corrected chi connectivity index (χ1v) is 9.12. The van der Waals surface area contributed by atoms with Gasteiger partial charge in [0.1, 0.15) is 5.75 Å². The van der Waals surface area contributed by atoms with Crippen molar-refractivity contribution in [1.29, 1.82) is 0 Å². The Morgan fingerprint density at radius 3 is 2.39 bits per heavy atom. The molecule has 5 rings (SSSR count). The maximum absolute atomic E-state index is 11.6. The molecule has 0 N–H and O–H groups in total. The molecule has 0 radical (unpaired) electrons. The van der Waals surface area contributed by atoms with Crippen LogP contribution in [0.15, 0.2) is 84.0 Å². The quantitative estimate of drug-likeness (QED) is 0.488. The smallest absolute Gasteiger partial charge is 0.278 e. The van der Waals surface area contributed by atoms with Crippen molar-refractivity contribution in [3.05, 3.63) is 106 Å². The largest absolute Gasteiger partial charge is 0.464 e. The molecule has 6 heteroatoms. The van der Waals surface area contributed by atoms with Gasteiger partial charge in [-0.25, -0.2) is 5.01 Å². The second-order valence-electron chi connectivity index (χ2n) is 6.84. The van der Waals surface area contributed by atoms with Gasteiger partial charge in [-0.15, -0.1) is 0 Å². The maximum Gasteiger partial charge on any atom is 0.278 e. The number of fused-ring (bicyclic) bond motifs is 3. The number of hydrogen-bond acceptors (Lipinski definition) is 5. The van der Waals surface area contributed by atoms with E-state index in [0.29, 0.717) is 5.56 Å². The van der Waals surface area contributed by atoms with Gasteiger partial charge in [0.05, 0.1) is 22.2 Å². The Bertz CT molecular complexity index is 1080. The molecule has 3 aromatic carbocycles. The zero-order chi connectivity index (χ0) is 19.1. The van der Waals surface area contributed by atoms with E-state index in [-0.39, 0.29) is 16.7 Å². The minimum atomic E-state index is -0.650. The van der Waals surface area contributed by atoms with Crippen LogP contribution in [0, 0.1) is 10.1 Å².